The molecule has 0 nitrogen and oxygen atoms in total. The van der Waals surface area contributed by atoms with Gasteiger partial charge in [-0.3, -0.25) is 0 Å². The van der Waals surface area contributed by atoms with Crippen molar-refractivity contribution in [2.24, 2.45) is 11.3 Å². The van der Waals surface area contributed by atoms with Gasteiger partial charge in [-0.05, 0) is 37.3 Å². The quantitative estimate of drug-likeness (QED) is 0.353. The molecule has 0 aliphatic heterocycles. The number of halogens is 2. The summed E-state index contributed by atoms with van der Waals surface area (Å²) in [7, 11) is 0. The van der Waals surface area contributed by atoms with Crippen LogP contribution >= 0.6 is 0 Å². The first-order valence-corrected chi connectivity index (χ1v) is 10.2. The van der Waals surface area contributed by atoms with E-state index in [2.05, 4.69) is 32.1 Å². The molecular weight excluding hydrogens is 314 g/mol. The van der Waals surface area contributed by atoms with Gasteiger partial charge in [0.1, 0.15) is 12.0 Å². The SMILES string of the molecule is CCCCCCCCC1(C2C=CC(CCC)=CC2)C(F)=CC=CC1F. The minimum absolute atomic E-state index is 0.0834. The summed E-state index contributed by atoms with van der Waals surface area (Å²) in [5.41, 5.74) is 0.309. The van der Waals surface area contributed by atoms with Crippen molar-refractivity contribution >= 4 is 0 Å². The summed E-state index contributed by atoms with van der Waals surface area (Å²) in [6.45, 7) is 4.36. The summed E-state index contributed by atoms with van der Waals surface area (Å²) in [4.78, 5) is 0. The predicted octanol–water partition coefficient (Wildman–Crippen LogP) is 7.79. The van der Waals surface area contributed by atoms with Crippen molar-refractivity contribution in [3.63, 3.8) is 0 Å². The number of unbranched alkanes of at least 4 members (excludes halogenated alkanes) is 5. The van der Waals surface area contributed by atoms with Crippen LogP contribution in [-0.4, -0.2) is 6.17 Å². The normalized spacial score (nSPS) is 28.8. The zero-order valence-corrected chi connectivity index (χ0v) is 15.9. The van der Waals surface area contributed by atoms with Crippen molar-refractivity contribution in [2.75, 3.05) is 0 Å². The molecule has 3 unspecified atom stereocenters. The van der Waals surface area contributed by atoms with Crippen LogP contribution in [0.3, 0.4) is 0 Å². The van der Waals surface area contributed by atoms with Crippen LogP contribution in [0.15, 0.2) is 47.9 Å². The Balaban J connectivity index is 2.06. The highest BCUT2D eigenvalue weighted by Crippen LogP contribution is 2.51. The van der Waals surface area contributed by atoms with E-state index >= 15 is 0 Å². The number of hydrogen-bond donors (Lipinski definition) is 0. The van der Waals surface area contributed by atoms with Gasteiger partial charge in [0.2, 0.25) is 0 Å². The molecule has 0 amide bonds. The van der Waals surface area contributed by atoms with E-state index in [1.54, 1.807) is 6.08 Å². The molecule has 0 radical (unpaired) electrons. The highest BCUT2D eigenvalue weighted by atomic mass is 19.1. The van der Waals surface area contributed by atoms with Gasteiger partial charge in [-0.1, -0.05) is 88.7 Å². The maximum absolute atomic E-state index is 15.0. The second-order valence-corrected chi connectivity index (χ2v) is 7.59. The Kier molecular flexibility index (Phi) is 8.12. The fourth-order valence-corrected chi connectivity index (χ4v) is 4.24. The third kappa shape index (κ3) is 4.92. The van der Waals surface area contributed by atoms with Gasteiger partial charge >= 0.3 is 0 Å². The van der Waals surface area contributed by atoms with Crippen LogP contribution in [0.1, 0.15) is 78.1 Å². The van der Waals surface area contributed by atoms with Crippen molar-refractivity contribution in [1.29, 1.82) is 0 Å². The van der Waals surface area contributed by atoms with E-state index in [9.17, 15) is 8.78 Å². The van der Waals surface area contributed by atoms with Crippen LogP contribution in [0, 0.1) is 11.3 Å². The molecule has 2 aliphatic rings. The lowest BCUT2D eigenvalue weighted by atomic mass is 9.63. The van der Waals surface area contributed by atoms with Gasteiger partial charge in [-0.25, -0.2) is 8.78 Å². The minimum Gasteiger partial charge on any atom is -0.242 e. The Bertz CT molecular complexity index is 526. The molecule has 2 heteroatoms. The molecule has 0 aromatic carbocycles. The Morgan fingerprint density at radius 2 is 1.80 bits per heavy atom. The Labute approximate surface area is 152 Å². The number of allylic oxidation sites excluding steroid dienone is 8. The van der Waals surface area contributed by atoms with E-state index in [4.69, 9.17) is 0 Å². The molecule has 140 valence electrons. The minimum atomic E-state index is -1.23. The van der Waals surface area contributed by atoms with E-state index in [0.717, 1.165) is 32.1 Å². The molecular formula is C23H34F2. The smallest absolute Gasteiger partial charge is 0.131 e. The van der Waals surface area contributed by atoms with E-state index < -0.39 is 11.6 Å². The molecule has 25 heavy (non-hydrogen) atoms. The molecule has 3 atom stereocenters. The van der Waals surface area contributed by atoms with Crippen LogP contribution in [0.2, 0.25) is 0 Å². The van der Waals surface area contributed by atoms with Crippen LogP contribution in [0.5, 0.6) is 0 Å². The molecule has 0 spiro atoms. The molecule has 2 aliphatic carbocycles. The molecule has 0 heterocycles. The first-order chi connectivity index (χ1) is 12.1. The summed E-state index contributed by atoms with van der Waals surface area (Å²) in [6.07, 6.45) is 20.0. The summed E-state index contributed by atoms with van der Waals surface area (Å²) >= 11 is 0. The Hall–Kier alpha value is -1.18. The average molecular weight is 349 g/mol. The summed E-state index contributed by atoms with van der Waals surface area (Å²) in [6, 6.07) is 0. The zero-order chi connectivity index (χ0) is 18.1. The molecule has 0 saturated heterocycles. The molecule has 0 bridgehead atoms. The van der Waals surface area contributed by atoms with Crippen molar-refractivity contribution in [3.05, 3.63) is 47.9 Å². The number of hydrogen-bond acceptors (Lipinski definition) is 0. The molecule has 0 aromatic rings. The Morgan fingerprint density at radius 3 is 2.44 bits per heavy atom. The molecule has 0 saturated carbocycles. The van der Waals surface area contributed by atoms with Gasteiger partial charge < -0.3 is 0 Å². The van der Waals surface area contributed by atoms with Gasteiger partial charge in [0.05, 0.1) is 5.41 Å². The van der Waals surface area contributed by atoms with Crippen LogP contribution in [-0.2, 0) is 0 Å². The third-order valence-electron chi connectivity index (χ3n) is 5.78. The highest BCUT2D eigenvalue weighted by Gasteiger charge is 2.48. The largest absolute Gasteiger partial charge is 0.242 e. The maximum Gasteiger partial charge on any atom is 0.131 e. The second-order valence-electron chi connectivity index (χ2n) is 7.59. The van der Waals surface area contributed by atoms with Crippen molar-refractivity contribution in [2.45, 2.75) is 84.2 Å². The van der Waals surface area contributed by atoms with Crippen molar-refractivity contribution in [1.82, 2.24) is 0 Å². The predicted molar refractivity (Wildman–Crippen MR) is 104 cm³/mol. The molecule has 2 rings (SSSR count). The highest BCUT2D eigenvalue weighted by molar-refractivity contribution is 5.33. The first-order valence-electron chi connectivity index (χ1n) is 10.2. The monoisotopic (exact) mass is 348 g/mol. The maximum atomic E-state index is 15.0. The van der Waals surface area contributed by atoms with Crippen LogP contribution < -0.4 is 0 Å². The van der Waals surface area contributed by atoms with Crippen molar-refractivity contribution < 1.29 is 8.78 Å². The van der Waals surface area contributed by atoms with E-state index in [1.165, 1.54) is 43.4 Å². The van der Waals surface area contributed by atoms with Gasteiger partial charge in [0, 0.05) is 0 Å². The first kappa shape index (κ1) is 20.1. The standard InChI is InChI=1S/C23H34F2/c1-3-5-6-7-8-9-18-23(21(24)12-10-13-22(23)25)20-16-14-19(11-4-2)15-17-20/h10,12-16,20-21H,3-9,11,17-18H2,1-2H3. The van der Waals surface area contributed by atoms with E-state index in [1.807, 2.05) is 0 Å². The molecule has 0 aromatic heterocycles. The third-order valence-corrected chi connectivity index (χ3v) is 5.78. The second kappa shape index (κ2) is 10.1. The average Bonchev–Trinajstić information content (AvgIpc) is 2.61. The van der Waals surface area contributed by atoms with Gasteiger partial charge in [-0.2, -0.15) is 0 Å². The molecule has 0 fully saturated rings. The zero-order valence-electron chi connectivity index (χ0n) is 15.9. The summed E-state index contributed by atoms with van der Waals surface area (Å²) in [5.74, 6) is -0.349. The van der Waals surface area contributed by atoms with Crippen LogP contribution in [0.25, 0.3) is 0 Å². The lowest BCUT2D eigenvalue weighted by molar-refractivity contribution is 0.0860. The van der Waals surface area contributed by atoms with E-state index in [-0.39, 0.29) is 11.7 Å². The number of rotatable bonds is 10. The fraction of sp³-hybridized carbons (Fsp3) is 0.652. The van der Waals surface area contributed by atoms with Gasteiger partial charge in [-0.15, -0.1) is 0 Å². The molecule has 0 N–H and O–H groups in total. The summed E-state index contributed by atoms with van der Waals surface area (Å²) < 4.78 is 29.9. The van der Waals surface area contributed by atoms with E-state index in [0.29, 0.717) is 6.42 Å². The summed E-state index contributed by atoms with van der Waals surface area (Å²) in [5, 5.41) is 0. The fourth-order valence-electron chi connectivity index (χ4n) is 4.24. The topological polar surface area (TPSA) is 0 Å². The lowest BCUT2D eigenvalue weighted by Gasteiger charge is -2.42. The van der Waals surface area contributed by atoms with Gasteiger partial charge in [0.15, 0.2) is 0 Å². The van der Waals surface area contributed by atoms with Crippen LogP contribution in [0.4, 0.5) is 8.78 Å². The van der Waals surface area contributed by atoms with Gasteiger partial charge in [0.25, 0.3) is 0 Å². The Morgan fingerprint density at radius 1 is 1.04 bits per heavy atom. The number of alkyl halides is 1. The lowest BCUT2D eigenvalue weighted by Crippen LogP contribution is -2.40. The van der Waals surface area contributed by atoms with Crippen molar-refractivity contribution in [3.8, 4) is 0 Å².